The molecule has 0 aromatic carbocycles. The molecule has 65 heavy (non-hydrogen) atoms. The monoisotopic (exact) mass is 926 g/mol. The molecular weight excluding hydrogens is 851 g/mol. The SMILES string of the molecule is C[C@@H]1[C@H](O)[C@@H](C)/C=C/C=C/CC/C=C/C=C/C=C/C=C/[C@H](O[C@@H]2O[C@H](C)[C@@H](O)[C@H](N)[C@@H]2O)C[C@@H]2O[C@](O)(CC(O)C[C@@H](O)[C@H](O)CC[C@@H](O)CC(O)CC(=O)O[C@H]1C)C[C@H](O)[C@H]2C(=O)O. The Morgan fingerprint density at radius 2 is 1.31 bits per heavy atom. The van der Waals surface area contributed by atoms with Crippen molar-refractivity contribution in [3.05, 3.63) is 72.9 Å². The number of allylic oxidation sites excluding steroid dienone is 10. The molecule has 18 nitrogen and oxygen atoms in total. The zero-order valence-electron chi connectivity index (χ0n) is 37.8. The summed E-state index contributed by atoms with van der Waals surface area (Å²) < 4.78 is 23.2. The number of nitrogens with two attached hydrogens (primary N) is 1. The predicted molar refractivity (Wildman–Crippen MR) is 237 cm³/mol. The van der Waals surface area contributed by atoms with E-state index in [1.807, 2.05) is 49.5 Å². The molecule has 0 aromatic heterocycles. The zero-order valence-corrected chi connectivity index (χ0v) is 37.8. The van der Waals surface area contributed by atoms with Crippen LogP contribution < -0.4 is 5.73 Å². The normalized spacial score (nSPS) is 45.2. The second-order valence-electron chi connectivity index (χ2n) is 17.8. The van der Waals surface area contributed by atoms with Gasteiger partial charge in [0.05, 0.1) is 79.6 Å². The van der Waals surface area contributed by atoms with Crippen LogP contribution in [-0.4, -0.2) is 166 Å². The molecule has 0 saturated carbocycles. The van der Waals surface area contributed by atoms with Crippen LogP contribution in [0, 0.1) is 17.8 Å². The summed E-state index contributed by atoms with van der Waals surface area (Å²) in [5.41, 5.74) is 6.02. The molecular formula is C47H75NO17. The van der Waals surface area contributed by atoms with Gasteiger partial charge in [-0.3, -0.25) is 9.59 Å². The van der Waals surface area contributed by atoms with E-state index in [2.05, 4.69) is 0 Å². The fourth-order valence-corrected chi connectivity index (χ4v) is 8.13. The maximum Gasteiger partial charge on any atom is 0.311 e. The van der Waals surface area contributed by atoms with E-state index in [4.69, 9.17) is 24.7 Å². The molecule has 3 rings (SSSR count). The van der Waals surface area contributed by atoms with Crippen LogP contribution in [0.5, 0.6) is 0 Å². The Hall–Kier alpha value is -3.18. The minimum absolute atomic E-state index is 0.103. The lowest BCUT2D eigenvalue weighted by Crippen LogP contribution is -2.61. The van der Waals surface area contributed by atoms with Gasteiger partial charge in [-0.05, 0) is 46.0 Å². The Balaban J connectivity index is 1.84. The zero-order chi connectivity index (χ0) is 48.4. The van der Waals surface area contributed by atoms with Crippen molar-refractivity contribution in [2.24, 2.45) is 23.5 Å². The largest absolute Gasteiger partial charge is 0.481 e. The first-order chi connectivity index (χ1) is 30.6. The highest BCUT2D eigenvalue weighted by Crippen LogP contribution is 2.38. The average molecular weight is 926 g/mol. The van der Waals surface area contributed by atoms with Crippen molar-refractivity contribution in [3.8, 4) is 0 Å². The number of hydrogen-bond acceptors (Lipinski definition) is 17. The fourth-order valence-electron chi connectivity index (χ4n) is 8.13. The van der Waals surface area contributed by atoms with E-state index in [1.165, 1.54) is 13.0 Å². The number of carboxylic acid groups (broad SMARTS) is 1. The second-order valence-corrected chi connectivity index (χ2v) is 17.8. The summed E-state index contributed by atoms with van der Waals surface area (Å²) in [6.45, 7) is 6.78. The number of carbonyl (C=O) groups is 2. The molecule has 3 aliphatic heterocycles. The number of aliphatic hydroxyl groups excluding tert-OH is 9. The van der Waals surface area contributed by atoms with E-state index in [-0.39, 0.29) is 31.6 Å². The first-order valence-corrected chi connectivity index (χ1v) is 22.6. The molecule has 0 radical (unpaired) electrons. The molecule has 0 aromatic rings. The molecule has 0 amide bonds. The van der Waals surface area contributed by atoms with Crippen LogP contribution in [0.2, 0.25) is 0 Å². The van der Waals surface area contributed by atoms with Gasteiger partial charge in [0.1, 0.15) is 18.1 Å². The highest BCUT2D eigenvalue weighted by atomic mass is 16.7. The summed E-state index contributed by atoms with van der Waals surface area (Å²) >= 11 is 0. The Morgan fingerprint density at radius 3 is 1.97 bits per heavy atom. The van der Waals surface area contributed by atoms with E-state index in [9.17, 15) is 65.8 Å². The minimum atomic E-state index is -2.32. The molecule has 2 fully saturated rings. The number of aliphatic carboxylic acids is 1. The third-order valence-electron chi connectivity index (χ3n) is 12.2. The van der Waals surface area contributed by atoms with Gasteiger partial charge in [-0.2, -0.15) is 0 Å². The van der Waals surface area contributed by atoms with Crippen molar-refractivity contribution < 1.29 is 84.7 Å². The second kappa shape index (κ2) is 27.6. The van der Waals surface area contributed by atoms with Crippen LogP contribution in [0.15, 0.2) is 72.9 Å². The fraction of sp³-hybridized carbons (Fsp3) is 0.702. The number of cyclic esters (lactones) is 1. The number of hydrogen-bond donors (Lipinski definition) is 12. The van der Waals surface area contributed by atoms with Crippen LogP contribution in [0.3, 0.4) is 0 Å². The van der Waals surface area contributed by atoms with E-state index >= 15 is 0 Å². The lowest BCUT2D eigenvalue weighted by Gasteiger charge is -2.45. The van der Waals surface area contributed by atoms with E-state index in [1.54, 1.807) is 38.2 Å². The van der Waals surface area contributed by atoms with Gasteiger partial charge < -0.3 is 80.9 Å². The first kappa shape index (κ1) is 56.1. The van der Waals surface area contributed by atoms with Crippen molar-refractivity contribution in [2.75, 3.05) is 0 Å². The van der Waals surface area contributed by atoms with Crippen molar-refractivity contribution in [2.45, 2.75) is 189 Å². The van der Waals surface area contributed by atoms with Gasteiger partial charge in [0, 0.05) is 37.5 Å². The molecule has 3 heterocycles. The topological polar surface area (TPSA) is 320 Å². The van der Waals surface area contributed by atoms with Gasteiger partial charge in [-0.15, -0.1) is 0 Å². The van der Waals surface area contributed by atoms with Crippen molar-refractivity contribution in [3.63, 3.8) is 0 Å². The summed E-state index contributed by atoms with van der Waals surface area (Å²) in [6.07, 6.45) is 2.26. The van der Waals surface area contributed by atoms with Gasteiger partial charge in [-0.1, -0.05) is 86.8 Å². The Kier molecular flexibility index (Phi) is 23.8. The first-order valence-electron chi connectivity index (χ1n) is 22.6. The average Bonchev–Trinajstić information content (AvgIpc) is 3.21. The van der Waals surface area contributed by atoms with E-state index in [0.717, 1.165) is 12.8 Å². The Labute approximate surface area is 381 Å². The number of carbonyl (C=O) groups excluding carboxylic acids is 1. The number of esters is 1. The molecule has 2 saturated heterocycles. The third kappa shape index (κ3) is 18.8. The van der Waals surface area contributed by atoms with Crippen molar-refractivity contribution in [1.29, 1.82) is 0 Å². The molecule has 0 aliphatic carbocycles. The van der Waals surface area contributed by atoms with Crippen molar-refractivity contribution in [1.82, 2.24) is 0 Å². The smallest absolute Gasteiger partial charge is 0.311 e. The van der Waals surface area contributed by atoms with Gasteiger partial charge >= 0.3 is 11.9 Å². The molecule has 2 unspecified atom stereocenters. The number of carboxylic acids is 1. The van der Waals surface area contributed by atoms with Crippen LogP contribution in [0.1, 0.15) is 91.9 Å². The molecule has 3 aliphatic rings. The highest BCUT2D eigenvalue weighted by Gasteiger charge is 2.51. The summed E-state index contributed by atoms with van der Waals surface area (Å²) in [7, 11) is 0. The van der Waals surface area contributed by atoms with Crippen LogP contribution in [0.4, 0.5) is 0 Å². The minimum Gasteiger partial charge on any atom is -0.481 e. The summed E-state index contributed by atoms with van der Waals surface area (Å²) in [5.74, 6) is -6.77. The molecule has 370 valence electrons. The number of fused-ring (bicyclic) bond motifs is 2. The molecule has 0 spiro atoms. The molecule has 18 heteroatoms. The van der Waals surface area contributed by atoms with Gasteiger partial charge in [0.2, 0.25) is 0 Å². The Morgan fingerprint density at radius 1 is 0.692 bits per heavy atom. The highest BCUT2D eigenvalue weighted by molar-refractivity contribution is 5.71. The van der Waals surface area contributed by atoms with Gasteiger partial charge in [0.15, 0.2) is 12.1 Å². The lowest BCUT2D eigenvalue weighted by atomic mass is 9.82. The molecule has 19 atom stereocenters. The van der Waals surface area contributed by atoms with Gasteiger partial charge in [-0.25, -0.2) is 0 Å². The summed E-state index contributed by atoms with van der Waals surface area (Å²) in [5, 5.41) is 118. The number of ether oxygens (including phenoxy) is 4. The van der Waals surface area contributed by atoms with Gasteiger partial charge in [0.25, 0.3) is 0 Å². The molecule has 13 N–H and O–H groups in total. The quantitative estimate of drug-likeness (QED) is 0.175. The van der Waals surface area contributed by atoms with E-state index in [0.29, 0.717) is 0 Å². The molecule has 2 bridgehead atoms. The summed E-state index contributed by atoms with van der Waals surface area (Å²) in [4.78, 5) is 25.1. The third-order valence-corrected chi connectivity index (χ3v) is 12.2. The van der Waals surface area contributed by atoms with Crippen molar-refractivity contribution >= 4 is 11.9 Å². The van der Waals surface area contributed by atoms with E-state index < -0.39 is 147 Å². The maximum absolute atomic E-state index is 12.6. The summed E-state index contributed by atoms with van der Waals surface area (Å²) in [6, 6.07) is -1.14. The maximum atomic E-state index is 12.6. The lowest BCUT2D eigenvalue weighted by molar-refractivity contribution is -0.308. The predicted octanol–water partition coefficient (Wildman–Crippen LogP) is 0.936. The van der Waals surface area contributed by atoms with Crippen LogP contribution in [0.25, 0.3) is 0 Å². The standard InChI is InChI=1S/C47H75NO17/c1-27-17-15-13-11-9-7-5-6-8-10-12-14-16-18-34(64-46-44(58)41(48)43(57)30(4)63-46)24-38-40(45(59)60)37(54)26-47(61,65-38)25-33(51)22-36(53)35(52)20-19-31(49)21-32(50)23-39(55)62-29(3)28(2)42(27)56/h5-6,8,10-18,27-38,40-44,46,49-54,56-58,61H,7,9,19-26,48H2,1-4H3,(H,59,60)/b6-5+,10-8+,13-11+,14-12+,17-15+,18-16+/t27-,28-,29-,30+,31+,32?,33?,34-,35+,36+,37-,38-,40+,41-,42+,43+,44-,46-,47+/m0/s1. The van der Waals surface area contributed by atoms with Crippen LogP contribution >= 0.6 is 0 Å². The number of aliphatic hydroxyl groups is 10. The van der Waals surface area contributed by atoms with Crippen LogP contribution in [-0.2, 0) is 28.5 Å². The number of rotatable bonds is 3. The Bertz CT molecular complexity index is 1620.